The highest BCUT2D eigenvalue weighted by Gasteiger charge is 2.19. The predicted octanol–water partition coefficient (Wildman–Crippen LogP) is 2.01. The minimum absolute atomic E-state index is 0.215. The zero-order valence-corrected chi connectivity index (χ0v) is 9.23. The monoisotopic (exact) mass is 224 g/mol. The molecule has 0 spiro atoms. The molecule has 0 aromatic carbocycles. The summed E-state index contributed by atoms with van der Waals surface area (Å²) in [6, 6.07) is 1.71. The largest absolute Gasteiger partial charge is 0.373 e. The van der Waals surface area contributed by atoms with Crippen molar-refractivity contribution in [2.45, 2.75) is 44.4 Å². The van der Waals surface area contributed by atoms with Crippen LogP contribution in [-0.4, -0.2) is 17.1 Å². The molecule has 0 amide bonds. The molecule has 1 fully saturated rings. The van der Waals surface area contributed by atoms with Crippen LogP contribution in [0.25, 0.3) is 0 Å². The van der Waals surface area contributed by atoms with Crippen LogP contribution >= 0.6 is 0 Å². The molecule has 0 bridgehead atoms. The molecule has 1 aliphatic rings. The fourth-order valence-electron chi connectivity index (χ4n) is 2.08. The number of aromatic nitrogens is 1. The Morgan fingerprint density at radius 2 is 2.31 bits per heavy atom. The molecule has 16 heavy (non-hydrogen) atoms. The first kappa shape index (κ1) is 11.5. The van der Waals surface area contributed by atoms with E-state index in [4.69, 9.17) is 10.5 Å². The highest BCUT2D eigenvalue weighted by Crippen LogP contribution is 2.20. The molecule has 1 aliphatic carbocycles. The van der Waals surface area contributed by atoms with E-state index in [0.29, 0.717) is 6.61 Å². The molecule has 88 valence electrons. The molecule has 4 heteroatoms. The van der Waals surface area contributed by atoms with Gasteiger partial charge in [0.05, 0.1) is 18.9 Å². The van der Waals surface area contributed by atoms with Crippen molar-refractivity contribution in [3.8, 4) is 0 Å². The van der Waals surface area contributed by atoms with Crippen molar-refractivity contribution in [1.29, 1.82) is 0 Å². The fourth-order valence-corrected chi connectivity index (χ4v) is 2.08. The molecule has 1 aromatic rings. The summed E-state index contributed by atoms with van der Waals surface area (Å²) in [5.74, 6) is -0.318. The van der Waals surface area contributed by atoms with Crippen LogP contribution in [-0.2, 0) is 11.3 Å². The first-order valence-corrected chi connectivity index (χ1v) is 5.70. The number of hydrogen-bond acceptors (Lipinski definition) is 3. The van der Waals surface area contributed by atoms with Gasteiger partial charge in [-0.1, -0.05) is 0 Å². The lowest BCUT2D eigenvalue weighted by Crippen LogP contribution is -2.32. The predicted molar refractivity (Wildman–Crippen MR) is 59.2 cm³/mol. The van der Waals surface area contributed by atoms with Crippen LogP contribution in [0.5, 0.6) is 0 Å². The molecule has 1 saturated carbocycles. The summed E-state index contributed by atoms with van der Waals surface area (Å²) in [6.45, 7) is 0.419. The zero-order valence-electron chi connectivity index (χ0n) is 9.23. The number of nitrogens with zero attached hydrogens (tertiary/aromatic N) is 1. The Morgan fingerprint density at radius 3 is 3.06 bits per heavy atom. The van der Waals surface area contributed by atoms with Crippen molar-refractivity contribution < 1.29 is 9.13 Å². The number of halogens is 1. The lowest BCUT2D eigenvalue weighted by atomic mass is 9.93. The van der Waals surface area contributed by atoms with Crippen LogP contribution in [0.4, 0.5) is 4.39 Å². The van der Waals surface area contributed by atoms with E-state index in [0.717, 1.165) is 31.2 Å². The number of hydrogen-bond donors (Lipinski definition) is 1. The van der Waals surface area contributed by atoms with Crippen LogP contribution in [0.2, 0.25) is 0 Å². The van der Waals surface area contributed by atoms with E-state index < -0.39 is 0 Å². The van der Waals surface area contributed by atoms with Crippen molar-refractivity contribution in [2.75, 3.05) is 0 Å². The van der Waals surface area contributed by atoms with Gasteiger partial charge in [-0.05, 0) is 37.3 Å². The molecular formula is C12H17FN2O. The van der Waals surface area contributed by atoms with Crippen molar-refractivity contribution in [1.82, 2.24) is 4.98 Å². The van der Waals surface area contributed by atoms with E-state index in [-0.39, 0.29) is 18.0 Å². The minimum Gasteiger partial charge on any atom is -0.373 e. The summed E-state index contributed by atoms with van der Waals surface area (Å²) in [4.78, 5) is 3.78. The van der Waals surface area contributed by atoms with Gasteiger partial charge in [0.25, 0.3) is 0 Å². The lowest BCUT2D eigenvalue weighted by Gasteiger charge is -2.26. The van der Waals surface area contributed by atoms with Gasteiger partial charge in [0.2, 0.25) is 0 Å². The topological polar surface area (TPSA) is 48.1 Å². The van der Waals surface area contributed by atoms with Crippen molar-refractivity contribution in [3.05, 3.63) is 29.8 Å². The summed E-state index contributed by atoms with van der Waals surface area (Å²) in [5, 5.41) is 0. The maximum Gasteiger partial charge on any atom is 0.141 e. The summed E-state index contributed by atoms with van der Waals surface area (Å²) < 4.78 is 18.6. The number of rotatable bonds is 3. The molecular weight excluding hydrogens is 207 g/mol. The van der Waals surface area contributed by atoms with E-state index in [9.17, 15) is 4.39 Å². The second-order valence-electron chi connectivity index (χ2n) is 4.37. The minimum atomic E-state index is -0.318. The Labute approximate surface area is 94.8 Å². The average molecular weight is 224 g/mol. The smallest absolute Gasteiger partial charge is 0.141 e. The quantitative estimate of drug-likeness (QED) is 0.854. The van der Waals surface area contributed by atoms with E-state index in [2.05, 4.69) is 4.98 Å². The second-order valence-corrected chi connectivity index (χ2v) is 4.37. The van der Waals surface area contributed by atoms with Crippen LogP contribution in [0.15, 0.2) is 18.5 Å². The Bertz CT molecular complexity index is 346. The van der Waals surface area contributed by atoms with Crippen LogP contribution in [0.1, 0.15) is 31.2 Å². The van der Waals surface area contributed by atoms with Crippen molar-refractivity contribution in [2.24, 2.45) is 5.73 Å². The molecule has 0 aliphatic heterocycles. The second kappa shape index (κ2) is 5.37. The summed E-state index contributed by atoms with van der Waals surface area (Å²) in [6.07, 6.45) is 7.20. The molecule has 2 atom stereocenters. The molecule has 2 N–H and O–H groups in total. The van der Waals surface area contributed by atoms with Gasteiger partial charge in [-0.25, -0.2) is 4.39 Å². The third kappa shape index (κ3) is 3.25. The van der Waals surface area contributed by atoms with E-state index in [1.54, 1.807) is 6.20 Å². The molecule has 2 rings (SSSR count). The molecule has 3 nitrogen and oxygen atoms in total. The third-order valence-electron chi connectivity index (χ3n) is 2.91. The third-order valence-corrected chi connectivity index (χ3v) is 2.91. The van der Waals surface area contributed by atoms with Gasteiger partial charge in [-0.2, -0.15) is 0 Å². The molecule has 0 saturated heterocycles. The first-order chi connectivity index (χ1) is 7.74. The van der Waals surface area contributed by atoms with Crippen molar-refractivity contribution >= 4 is 0 Å². The summed E-state index contributed by atoms with van der Waals surface area (Å²) >= 11 is 0. The van der Waals surface area contributed by atoms with Crippen LogP contribution in [0, 0.1) is 5.82 Å². The molecule has 2 unspecified atom stereocenters. The van der Waals surface area contributed by atoms with E-state index in [1.165, 1.54) is 12.3 Å². The standard InChI is InChI=1S/C12H17FN2O/c13-10-4-9(6-15-7-10)8-16-12-3-1-2-11(14)5-12/h4,6-7,11-12H,1-3,5,8,14H2. The number of pyridine rings is 1. The number of nitrogens with two attached hydrogens (primary N) is 1. The van der Waals surface area contributed by atoms with E-state index in [1.807, 2.05) is 0 Å². The Balaban J connectivity index is 1.82. The molecule has 1 aromatic heterocycles. The van der Waals surface area contributed by atoms with E-state index >= 15 is 0 Å². The van der Waals surface area contributed by atoms with Gasteiger partial charge in [0.1, 0.15) is 5.82 Å². The Hall–Kier alpha value is -1.00. The molecule has 1 heterocycles. The summed E-state index contributed by atoms with van der Waals surface area (Å²) in [7, 11) is 0. The van der Waals surface area contributed by atoms with Gasteiger partial charge >= 0.3 is 0 Å². The first-order valence-electron chi connectivity index (χ1n) is 5.70. The van der Waals surface area contributed by atoms with Gasteiger partial charge in [0, 0.05) is 12.2 Å². The van der Waals surface area contributed by atoms with Gasteiger partial charge in [-0.3, -0.25) is 4.98 Å². The Kier molecular flexibility index (Phi) is 3.85. The highest BCUT2D eigenvalue weighted by atomic mass is 19.1. The molecule has 0 radical (unpaired) electrons. The SMILES string of the molecule is NC1CCCC(OCc2cncc(F)c2)C1. The maximum absolute atomic E-state index is 12.9. The lowest BCUT2D eigenvalue weighted by molar-refractivity contribution is 0.0120. The zero-order chi connectivity index (χ0) is 11.4. The van der Waals surface area contributed by atoms with Gasteiger partial charge in [-0.15, -0.1) is 0 Å². The fraction of sp³-hybridized carbons (Fsp3) is 0.583. The van der Waals surface area contributed by atoms with Crippen LogP contribution in [0.3, 0.4) is 0 Å². The highest BCUT2D eigenvalue weighted by molar-refractivity contribution is 5.08. The van der Waals surface area contributed by atoms with Gasteiger partial charge in [0.15, 0.2) is 0 Å². The maximum atomic E-state index is 12.9. The number of ether oxygens (including phenoxy) is 1. The van der Waals surface area contributed by atoms with Crippen LogP contribution < -0.4 is 5.73 Å². The van der Waals surface area contributed by atoms with Gasteiger partial charge < -0.3 is 10.5 Å². The van der Waals surface area contributed by atoms with Crippen molar-refractivity contribution in [3.63, 3.8) is 0 Å². The summed E-state index contributed by atoms with van der Waals surface area (Å²) in [5.41, 5.74) is 6.64. The average Bonchev–Trinajstić information content (AvgIpc) is 2.27. The normalized spacial score (nSPS) is 25.6. The Morgan fingerprint density at radius 1 is 1.44 bits per heavy atom.